The molecule has 1 aromatic rings. The van der Waals surface area contributed by atoms with Gasteiger partial charge in [0, 0.05) is 5.92 Å². The van der Waals surface area contributed by atoms with E-state index in [1.54, 1.807) is 6.92 Å². The van der Waals surface area contributed by atoms with Crippen LogP contribution in [0.3, 0.4) is 0 Å². The molecular weight excluding hydrogens is 260 g/mol. The highest BCUT2D eigenvalue weighted by Gasteiger charge is 2.34. The molecule has 0 spiro atoms. The minimum absolute atomic E-state index is 0.311. The lowest BCUT2D eigenvalue weighted by Gasteiger charge is -2.22. The zero-order valence-electron chi connectivity index (χ0n) is 11.6. The number of carbonyl (C=O) groups excluding carboxylic acids is 2. The third-order valence-electron chi connectivity index (χ3n) is 3.12. The van der Waals surface area contributed by atoms with Crippen LogP contribution in [-0.4, -0.2) is 35.2 Å². The van der Waals surface area contributed by atoms with Crippen molar-refractivity contribution < 1.29 is 19.4 Å². The lowest BCUT2D eigenvalue weighted by atomic mass is 9.94. The molecule has 1 rings (SSSR count). The number of rotatable bonds is 5. The standard InChI is InChI=1S/C14H20N2O4/c1-9(10-6-4-3-5-7-10)11(15)12(18)20-13(19)14(2,16)8-17/h3-7,9,11,17H,8,15-16H2,1-2H3/t9?,11?,14-/m0/s1. The summed E-state index contributed by atoms with van der Waals surface area (Å²) in [5.74, 6) is -2.17. The highest BCUT2D eigenvalue weighted by molar-refractivity contribution is 5.93. The molecule has 0 saturated heterocycles. The molecule has 6 heteroatoms. The summed E-state index contributed by atoms with van der Waals surface area (Å²) >= 11 is 0. The normalized spacial score (nSPS) is 16.9. The molecule has 0 heterocycles. The third-order valence-corrected chi connectivity index (χ3v) is 3.12. The molecule has 0 aliphatic heterocycles. The zero-order valence-corrected chi connectivity index (χ0v) is 11.6. The van der Waals surface area contributed by atoms with Gasteiger partial charge in [-0.1, -0.05) is 37.3 Å². The fourth-order valence-electron chi connectivity index (χ4n) is 1.51. The van der Waals surface area contributed by atoms with Crippen molar-refractivity contribution in [3.8, 4) is 0 Å². The van der Waals surface area contributed by atoms with Gasteiger partial charge < -0.3 is 21.3 Å². The maximum absolute atomic E-state index is 11.8. The first-order valence-corrected chi connectivity index (χ1v) is 6.26. The van der Waals surface area contributed by atoms with E-state index in [-0.39, 0.29) is 5.92 Å². The van der Waals surface area contributed by atoms with Crippen molar-refractivity contribution >= 4 is 11.9 Å². The molecule has 0 bridgehead atoms. The van der Waals surface area contributed by atoms with E-state index >= 15 is 0 Å². The Labute approximate surface area is 117 Å². The molecule has 20 heavy (non-hydrogen) atoms. The van der Waals surface area contributed by atoms with Crippen LogP contribution in [0.5, 0.6) is 0 Å². The number of esters is 2. The summed E-state index contributed by atoms with van der Waals surface area (Å²) in [4.78, 5) is 23.4. The fraction of sp³-hybridized carbons (Fsp3) is 0.429. The Morgan fingerprint density at radius 1 is 1.35 bits per heavy atom. The molecule has 0 fully saturated rings. The molecule has 6 nitrogen and oxygen atoms in total. The van der Waals surface area contributed by atoms with Crippen molar-refractivity contribution in [1.82, 2.24) is 0 Å². The second-order valence-corrected chi connectivity index (χ2v) is 5.01. The Balaban J connectivity index is 2.71. The summed E-state index contributed by atoms with van der Waals surface area (Å²) < 4.78 is 4.62. The second kappa shape index (κ2) is 6.60. The molecule has 0 amide bonds. The number of carbonyl (C=O) groups is 2. The molecule has 3 atom stereocenters. The van der Waals surface area contributed by atoms with E-state index in [0.717, 1.165) is 5.56 Å². The van der Waals surface area contributed by atoms with Gasteiger partial charge in [0.15, 0.2) is 0 Å². The number of nitrogens with two attached hydrogens (primary N) is 2. The van der Waals surface area contributed by atoms with E-state index in [9.17, 15) is 9.59 Å². The summed E-state index contributed by atoms with van der Waals surface area (Å²) in [6.07, 6.45) is 0. The predicted molar refractivity (Wildman–Crippen MR) is 73.6 cm³/mol. The molecule has 110 valence electrons. The van der Waals surface area contributed by atoms with Gasteiger partial charge in [-0.05, 0) is 12.5 Å². The van der Waals surface area contributed by atoms with E-state index < -0.39 is 30.1 Å². The number of aliphatic hydroxyl groups is 1. The van der Waals surface area contributed by atoms with Crippen LogP contribution in [0.4, 0.5) is 0 Å². The van der Waals surface area contributed by atoms with Crippen molar-refractivity contribution in [2.24, 2.45) is 11.5 Å². The van der Waals surface area contributed by atoms with Crippen molar-refractivity contribution in [3.05, 3.63) is 35.9 Å². The zero-order chi connectivity index (χ0) is 15.3. The van der Waals surface area contributed by atoms with Crippen LogP contribution in [-0.2, 0) is 14.3 Å². The van der Waals surface area contributed by atoms with Crippen molar-refractivity contribution in [2.45, 2.75) is 31.3 Å². The molecule has 5 N–H and O–H groups in total. The van der Waals surface area contributed by atoms with Crippen LogP contribution < -0.4 is 11.5 Å². The SMILES string of the molecule is CC(c1ccccc1)C(N)C(=O)OC(=O)[C@@](C)(N)CO. The van der Waals surface area contributed by atoms with Crippen LogP contribution >= 0.6 is 0 Å². The Kier molecular flexibility index (Phi) is 5.38. The van der Waals surface area contributed by atoms with Gasteiger partial charge in [-0.25, -0.2) is 9.59 Å². The number of aliphatic hydroxyl groups excluding tert-OH is 1. The minimum atomic E-state index is -1.62. The Bertz CT molecular complexity index is 473. The van der Waals surface area contributed by atoms with Crippen molar-refractivity contribution in [1.29, 1.82) is 0 Å². The van der Waals surface area contributed by atoms with E-state index in [1.807, 2.05) is 30.3 Å². The lowest BCUT2D eigenvalue weighted by Crippen LogP contribution is -2.51. The first-order chi connectivity index (χ1) is 9.29. The molecule has 0 aromatic heterocycles. The van der Waals surface area contributed by atoms with Gasteiger partial charge >= 0.3 is 11.9 Å². The Morgan fingerprint density at radius 2 is 1.90 bits per heavy atom. The van der Waals surface area contributed by atoms with Crippen molar-refractivity contribution in [2.75, 3.05) is 6.61 Å². The van der Waals surface area contributed by atoms with Crippen LogP contribution in [0, 0.1) is 0 Å². The first-order valence-electron chi connectivity index (χ1n) is 6.26. The summed E-state index contributed by atoms with van der Waals surface area (Å²) in [7, 11) is 0. The topological polar surface area (TPSA) is 116 Å². The van der Waals surface area contributed by atoms with Crippen LogP contribution in [0.1, 0.15) is 25.3 Å². The van der Waals surface area contributed by atoms with Gasteiger partial charge in [0.1, 0.15) is 11.6 Å². The highest BCUT2D eigenvalue weighted by Crippen LogP contribution is 2.18. The quantitative estimate of drug-likeness (QED) is 0.512. The predicted octanol–water partition coefficient (Wildman–Crippen LogP) is -0.103. The summed E-state index contributed by atoms with van der Waals surface area (Å²) in [5.41, 5.74) is 10.5. The summed E-state index contributed by atoms with van der Waals surface area (Å²) in [6, 6.07) is 8.19. The van der Waals surface area contributed by atoms with Gasteiger partial charge in [-0.2, -0.15) is 0 Å². The monoisotopic (exact) mass is 280 g/mol. The highest BCUT2D eigenvalue weighted by atomic mass is 16.6. The lowest BCUT2D eigenvalue weighted by molar-refractivity contribution is -0.165. The molecule has 0 saturated carbocycles. The van der Waals surface area contributed by atoms with Crippen LogP contribution in [0.15, 0.2) is 30.3 Å². The van der Waals surface area contributed by atoms with Crippen molar-refractivity contribution in [3.63, 3.8) is 0 Å². The molecule has 2 unspecified atom stereocenters. The van der Waals surface area contributed by atoms with Gasteiger partial charge in [0.2, 0.25) is 0 Å². The molecule has 0 aliphatic rings. The smallest absolute Gasteiger partial charge is 0.335 e. The maximum atomic E-state index is 11.8. The number of hydrogen-bond donors (Lipinski definition) is 3. The van der Waals surface area contributed by atoms with Gasteiger partial charge in [-0.15, -0.1) is 0 Å². The molecule has 1 aromatic carbocycles. The first kappa shape index (κ1) is 16.3. The van der Waals surface area contributed by atoms with Crippen LogP contribution in [0.2, 0.25) is 0 Å². The Hall–Kier alpha value is -1.76. The van der Waals surface area contributed by atoms with E-state index in [2.05, 4.69) is 4.74 Å². The average Bonchev–Trinajstić information content (AvgIpc) is 2.46. The van der Waals surface area contributed by atoms with Crippen LogP contribution in [0.25, 0.3) is 0 Å². The maximum Gasteiger partial charge on any atom is 0.335 e. The van der Waals surface area contributed by atoms with Gasteiger partial charge in [-0.3, -0.25) is 0 Å². The Morgan fingerprint density at radius 3 is 2.40 bits per heavy atom. The molecule has 0 aliphatic carbocycles. The second-order valence-electron chi connectivity index (χ2n) is 5.01. The number of hydrogen-bond acceptors (Lipinski definition) is 6. The fourth-order valence-corrected chi connectivity index (χ4v) is 1.51. The third kappa shape index (κ3) is 3.86. The van der Waals surface area contributed by atoms with E-state index in [4.69, 9.17) is 16.6 Å². The average molecular weight is 280 g/mol. The van der Waals surface area contributed by atoms with Gasteiger partial charge in [0.05, 0.1) is 6.61 Å². The minimum Gasteiger partial charge on any atom is -0.394 e. The van der Waals surface area contributed by atoms with E-state index in [0.29, 0.717) is 0 Å². The molecular formula is C14H20N2O4. The van der Waals surface area contributed by atoms with Gasteiger partial charge in [0.25, 0.3) is 0 Å². The van der Waals surface area contributed by atoms with E-state index in [1.165, 1.54) is 6.92 Å². The summed E-state index contributed by atoms with van der Waals surface area (Å²) in [5, 5.41) is 8.93. The number of ether oxygens (including phenoxy) is 1. The molecule has 0 radical (unpaired) electrons. The largest absolute Gasteiger partial charge is 0.394 e. The number of benzene rings is 1. The summed E-state index contributed by atoms with van der Waals surface area (Å²) in [6.45, 7) is 2.41.